The number of halogens is 1. The summed E-state index contributed by atoms with van der Waals surface area (Å²) < 4.78 is 30.4. The summed E-state index contributed by atoms with van der Waals surface area (Å²) in [6.07, 6.45) is 1.28. The maximum absolute atomic E-state index is 11.7. The molecule has 0 aliphatic carbocycles. The Bertz CT molecular complexity index is 499. The Morgan fingerprint density at radius 1 is 1.71 bits per heavy atom. The number of nitrogens with zero attached hydrogens (tertiary/aromatic N) is 1. The van der Waals surface area contributed by atoms with E-state index in [1.54, 1.807) is 6.92 Å². The number of hydrogen-bond acceptors (Lipinski definition) is 6. The third-order valence-corrected chi connectivity index (χ3v) is 5.27. The number of methoxy groups -OCH3 is 1. The summed E-state index contributed by atoms with van der Waals surface area (Å²) in [4.78, 5) is 14.2. The molecule has 0 aliphatic heterocycles. The maximum Gasteiger partial charge on any atom is 0.320 e. The van der Waals surface area contributed by atoms with Crippen molar-refractivity contribution >= 4 is 43.3 Å². The molecule has 0 saturated carbocycles. The molecule has 1 aromatic rings. The number of thiazole rings is 1. The average Bonchev–Trinajstić information content (AvgIpc) is 2.72. The van der Waals surface area contributed by atoms with Crippen molar-refractivity contribution in [3.05, 3.63) is 11.2 Å². The van der Waals surface area contributed by atoms with Crippen LogP contribution in [0.1, 0.15) is 5.01 Å². The van der Waals surface area contributed by atoms with Crippen LogP contribution in [0.4, 0.5) is 0 Å². The number of sulfonamides is 1. The van der Waals surface area contributed by atoms with Crippen LogP contribution in [0.3, 0.4) is 0 Å². The predicted molar refractivity (Wildman–Crippen MR) is 66.8 cm³/mol. The summed E-state index contributed by atoms with van der Waals surface area (Å²) in [6, 6.07) is 0. The van der Waals surface area contributed by atoms with Crippen LogP contribution >= 0.6 is 27.3 Å². The molecular formula is C8H11BrN2O4S2. The maximum atomic E-state index is 11.7. The third kappa shape index (κ3) is 4.02. The van der Waals surface area contributed by atoms with E-state index in [4.69, 9.17) is 0 Å². The van der Waals surface area contributed by atoms with Crippen molar-refractivity contribution in [2.75, 3.05) is 13.7 Å². The molecule has 1 heterocycles. The Kier molecular flexibility index (Phi) is 5.04. The Balaban J connectivity index is 2.66. The molecule has 1 unspecified atom stereocenters. The molecule has 0 bridgehead atoms. The average molecular weight is 343 g/mol. The third-order valence-electron chi connectivity index (χ3n) is 1.77. The lowest BCUT2D eigenvalue weighted by atomic mass is 10.4. The number of aromatic nitrogens is 1. The van der Waals surface area contributed by atoms with Gasteiger partial charge in [-0.1, -0.05) is 15.9 Å². The largest absolute Gasteiger partial charge is 0.468 e. The lowest BCUT2D eigenvalue weighted by molar-refractivity contribution is -0.139. The number of ether oxygens (including phenoxy) is 1. The van der Waals surface area contributed by atoms with Gasteiger partial charge in [0.25, 0.3) is 10.0 Å². The molecule has 0 saturated heterocycles. The molecule has 1 N–H and O–H groups in total. The molecule has 0 radical (unpaired) electrons. The highest BCUT2D eigenvalue weighted by molar-refractivity contribution is 9.10. The Hall–Kier alpha value is -0.510. The molecule has 0 fully saturated rings. The number of carbonyl (C=O) groups is 1. The quantitative estimate of drug-likeness (QED) is 0.627. The summed E-state index contributed by atoms with van der Waals surface area (Å²) in [5.41, 5.74) is 0. The summed E-state index contributed by atoms with van der Waals surface area (Å²) in [5, 5.41) is 0.661. The van der Waals surface area contributed by atoms with Gasteiger partial charge in [0, 0.05) is 6.54 Å². The molecule has 9 heteroatoms. The van der Waals surface area contributed by atoms with Crippen molar-refractivity contribution in [3.63, 3.8) is 0 Å². The summed E-state index contributed by atoms with van der Waals surface area (Å²) in [7, 11) is -2.37. The van der Waals surface area contributed by atoms with Gasteiger partial charge in [-0.2, -0.15) is 0 Å². The van der Waals surface area contributed by atoms with Crippen molar-refractivity contribution < 1.29 is 17.9 Å². The van der Waals surface area contributed by atoms with E-state index in [-0.39, 0.29) is 10.8 Å². The summed E-state index contributed by atoms with van der Waals surface area (Å²) >= 11 is 4.09. The molecule has 0 spiro atoms. The molecule has 0 amide bonds. The van der Waals surface area contributed by atoms with Gasteiger partial charge in [-0.25, -0.2) is 18.1 Å². The van der Waals surface area contributed by atoms with Crippen LogP contribution in [0, 0.1) is 6.92 Å². The zero-order valence-electron chi connectivity index (χ0n) is 9.14. The fourth-order valence-corrected chi connectivity index (χ4v) is 3.69. The Labute approximate surface area is 112 Å². The number of rotatable bonds is 5. The van der Waals surface area contributed by atoms with Crippen LogP contribution in [0.5, 0.6) is 0 Å². The van der Waals surface area contributed by atoms with Gasteiger partial charge in [0.15, 0.2) is 4.21 Å². The van der Waals surface area contributed by atoms with Crippen molar-refractivity contribution in [1.82, 2.24) is 9.71 Å². The van der Waals surface area contributed by atoms with E-state index in [0.717, 1.165) is 11.3 Å². The van der Waals surface area contributed by atoms with Crippen molar-refractivity contribution in [2.45, 2.75) is 16.0 Å². The minimum atomic E-state index is -3.61. The molecule has 1 rings (SSSR count). The molecule has 6 nitrogen and oxygen atoms in total. The number of hydrogen-bond donors (Lipinski definition) is 1. The first-order chi connectivity index (χ1) is 7.86. The van der Waals surface area contributed by atoms with E-state index in [1.807, 2.05) is 0 Å². The Morgan fingerprint density at radius 3 is 2.82 bits per heavy atom. The zero-order valence-corrected chi connectivity index (χ0v) is 12.4. The molecule has 96 valence electrons. The van der Waals surface area contributed by atoms with Crippen LogP contribution in [-0.2, 0) is 19.6 Å². The van der Waals surface area contributed by atoms with Gasteiger partial charge in [0.2, 0.25) is 0 Å². The molecule has 17 heavy (non-hydrogen) atoms. The van der Waals surface area contributed by atoms with Gasteiger partial charge in [0.1, 0.15) is 4.83 Å². The summed E-state index contributed by atoms with van der Waals surface area (Å²) in [6.45, 7) is 1.64. The van der Waals surface area contributed by atoms with Gasteiger partial charge < -0.3 is 4.74 Å². The van der Waals surface area contributed by atoms with E-state index < -0.39 is 20.8 Å². The number of nitrogens with one attached hydrogen (secondary N) is 1. The normalized spacial score (nSPS) is 13.4. The van der Waals surface area contributed by atoms with Gasteiger partial charge in [-0.05, 0) is 6.92 Å². The Morgan fingerprint density at radius 2 is 2.35 bits per heavy atom. The van der Waals surface area contributed by atoms with Gasteiger partial charge in [-0.15, -0.1) is 11.3 Å². The van der Waals surface area contributed by atoms with Crippen LogP contribution in [0.25, 0.3) is 0 Å². The summed E-state index contributed by atoms with van der Waals surface area (Å²) in [5.74, 6) is -0.534. The lowest BCUT2D eigenvalue weighted by Crippen LogP contribution is -2.33. The second kappa shape index (κ2) is 5.89. The van der Waals surface area contributed by atoms with Gasteiger partial charge in [-0.3, -0.25) is 4.79 Å². The lowest BCUT2D eigenvalue weighted by Gasteiger charge is -2.08. The van der Waals surface area contributed by atoms with Crippen molar-refractivity contribution in [3.8, 4) is 0 Å². The highest BCUT2D eigenvalue weighted by Crippen LogP contribution is 2.17. The van der Waals surface area contributed by atoms with Crippen LogP contribution < -0.4 is 4.72 Å². The molecule has 1 aromatic heterocycles. The van der Waals surface area contributed by atoms with Gasteiger partial charge >= 0.3 is 5.97 Å². The monoisotopic (exact) mass is 342 g/mol. The molecule has 0 aromatic carbocycles. The SMILES string of the molecule is COC(=O)C(Br)CNS(=O)(=O)c1cnc(C)s1. The number of carbonyl (C=O) groups excluding carboxylic acids is 1. The van der Waals surface area contributed by atoms with E-state index >= 15 is 0 Å². The predicted octanol–water partition coefficient (Wildman–Crippen LogP) is 0.666. The first-order valence-electron chi connectivity index (χ1n) is 4.51. The minimum absolute atomic E-state index is 0.0774. The molecule has 1 atom stereocenters. The molecule has 0 aliphatic rings. The fourth-order valence-electron chi connectivity index (χ4n) is 0.931. The van der Waals surface area contributed by atoms with Crippen molar-refractivity contribution in [1.29, 1.82) is 0 Å². The van der Waals surface area contributed by atoms with E-state index in [2.05, 4.69) is 30.4 Å². The smallest absolute Gasteiger partial charge is 0.320 e. The van der Waals surface area contributed by atoms with Crippen LogP contribution in [-0.4, -0.2) is 37.9 Å². The van der Waals surface area contributed by atoms with Crippen LogP contribution in [0.15, 0.2) is 10.4 Å². The fraction of sp³-hybridized carbons (Fsp3) is 0.500. The molecular weight excluding hydrogens is 332 g/mol. The number of aryl methyl sites for hydroxylation is 1. The first kappa shape index (κ1) is 14.6. The zero-order chi connectivity index (χ0) is 13.1. The topological polar surface area (TPSA) is 85.4 Å². The standard InChI is InChI=1S/C8H11BrN2O4S2/c1-5-10-4-7(16-5)17(13,14)11-3-6(9)8(12)15-2/h4,6,11H,3H2,1-2H3. The van der Waals surface area contributed by atoms with Gasteiger partial charge in [0.05, 0.1) is 18.3 Å². The minimum Gasteiger partial charge on any atom is -0.468 e. The number of alkyl halides is 1. The van der Waals surface area contributed by atoms with Crippen molar-refractivity contribution in [2.24, 2.45) is 0 Å². The van der Waals surface area contributed by atoms with Crippen LogP contribution in [0.2, 0.25) is 0 Å². The van der Waals surface area contributed by atoms with E-state index in [9.17, 15) is 13.2 Å². The highest BCUT2D eigenvalue weighted by atomic mass is 79.9. The second-order valence-corrected chi connectivity index (χ2v) is 7.37. The van der Waals surface area contributed by atoms with E-state index in [0.29, 0.717) is 5.01 Å². The first-order valence-corrected chi connectivity index (χ1v) is 7.72. The highest BCUT2D eigenvalue weighted by Gasteiger charge is 2.21. The second-order valence-electron chi connectivity index (χ2n) is 3.04. The van der Waals surface area contributed by atoms with E-state index in [1.165, 1.54) is 13.3 Å². The number of esters is 1.